The summed E-state index contributed by atoms with van der Waals surface area (Å²) >= 11 is 0. The van der Waals surface area contributed by atoms with Gasteiger partial charge in [0.2, 0.25) is 0 Å². The van der Waals surface area contributed by atoms with Gasteiger partial charge >= 0.3 is 0 Å². The molecule has 1 aromatic rings. The molecule has 1 aliphatic carbocycles. The first-order chi connectivity index (χ1) is 9.29. The molecule has 0 spiro atoms. The number of Topliss-reactive ketones (excluding diaryl/α,β-unsaturated/α-hetero) is 1. The van der Waals surface area contributed by atoms with Gasteiger partial charge in [0.15, 0.2) is 5.78 Å². The van der Waals surface area contributed by atoms with Crippen LogP contribution in [0.3, 0.4) is 0 Å². The second kappa shape index (κ2) is 7.44. The van der Waals surface area contributed by atoms with Crippen LogP contribution in [0.15, 0.2) is 24.3 Å². The Hall–Kier alpha value is -1.15. The lowest BCUT2D eigenvalue weighted by molar-refractivity contribution is 0.0284. The molecule has 0 unspecified atom stereocenters. The van der Waals surface area contributed by atoms with E-state index in [1.165, 1.54) is 24.8 Å². The summed E-state index contributed by atoms with van der Waals surface area (Å²) in [5.74, 6) is 0.105. The molecule has 104 valence electrons. The predicted molar refractivity (Wildman–Crippen MR) is 77.6 cm³/mol. The Morgan fingerprint density at radius 2 is 1.84 bits per heavy atom. The molecule has 0 aromatic heterocycles. The van der Waals surface area contributed by atoms with Gasteiger partial charge in [0.1, 0.15) is 6.61 Å². The minimum atomic E-state index is 0.105. The second-order valence-electron chi connectivity index (χ2n) is 5.44. The van der Waals surface area contributed by atoms with Crippen molar-refractivity contribution >= 4 is 5.78 Å². The van der Waals surface area contributed by atoms with Crippen LogP contribution in [0.5, 0.6) is 0 Å². The first-order valence-electron chi connectivity index (χ1n) is 7.53. The molecular weight excluding hydrogens is 236 g/mol. The van der Waals surface area contributed by atoms with Crippen molar-refractivity contribution in [2.45, 2.75) is 58.0 Å². The monoisotopic (exact) mass is 260 g/mol. The smallest absolute Gasteiger partial charge is 0.188 e. The normalized spacial score (nSPS) is 16.5. The molecule has 0 atom stereocenters. The highest BCUT2D eigenvalue weighted by Crippen LogP contribution is 2.20. The molecule has 0 heterocycles. The number of hydrogen-bond acceptors (Lipinski definition) is 2. The summed E-state index contributed by atoms with van der Waals surface area (Å²) in [4.78, 5) is 12.0. The Labute approximate surface area is 116 Å². The third-order valence-electron chi connectivity index (χ3n) is 3.82. The van der Waals surface area contributed by atoms with Gasteiger partial charge in [-0.2, -0.15) is 0 Å². The Balaban J connectivity index is 1.81. The highest BCUT2D eigenvalue weighted by molar-refractivity contribution is 5.97. The van der Waals surface area contributed by atoms with Gasteiger partial charge in [0.05, 0.1) is 6.10 Å². The molecular formula is C17H24O2. The number of benzene rings is 1. The van der Waals surface area contributed by atoms with Crippen LogP contribution in [-0.2, 0) is 11.2 Å². The fraction of sp³-hybridized carbons (Fsp3) is 0.588. The van der Waals surface area contributed by atoms with Crippen molar-refractivity contribution in [3.05, 3.63) is 35.4 Å². The van der Waals surface area contributed by atoms with Crippen molar-refractivity contribution in [3.8, 4) is 0 Å². The molecule has 1 fully saturated rings. The van der Waals surface area contributed by atoms with Crippen LogP contribution < -0.4 is 0 Å². The SMILES string of the molecule is CCCc1ccc(C(=O)COC2CCCCC2)cc1. The average Bonchev–Trinajstić information content (AvgIpc) is 2.47. The molecule has 0 N–H and O–H groups in total. The predicted octanol–water partition coefficient (Wildman–Crippen LogP) is 4.17. The first-order valence-corrected chi connectivity index (χ1v) is 7.53. The van der Waals surface area contributed by atoms with E-state index in [0.29, 0.717) is 6.10 Å². The summed E-state index contributed by atoms with van der Waals surface area (Å²) in [6.45, 7) is 2.40. The van der Waals surface area contributed by atoms with Gasteiger partial charge in [-0.3, -0.25) is 4.79 Å². The maximum atomic E-state index is 12.0. The molecule has 1 aliphatic rings. The van der Waals surface area contributed by atoms with Crippen molar-refractivity contribution in [1.82, 2.24) is 0 Å². The zero-order valence-corrected chi connectivity index (χ0v) is 11.9. The third-order valence-corrected chi connectivity index (χ3v) is 3.82. The zero-order chi connectivity index (χ0) is 13.5. The molecule has 19 heavy (non-hydrogen) atoms. The zero-order valence-electron chi connectivity index (χ0n) is 11.9. The van der Waals surface area contributed by atoms with Crippen molar-refractivity contribution in [2.75, 3.05) is 6.61 Å². The standard InChI is InChI=1S/C17H24O2/c1-2-6-14-9-11-15(12-10-14)17(18)13-19-16-7-4-3-5-8-16/h9-12,16H,2-8,13H2,1H3. The molecule has 1 saturated carbocycles. The van der Waals surface area contributed by atoms with Gasteiger partial charge in [-0.1, -0.05) is 56.9 Å². The van der Waals surface area contributed by atoms with E-state index in [4.69, 9.17) is 4.74 Å². The van der Waals surface area contributed by atoms with Crippen molar-refractivity contribution in [2.24, 2.45) is 0 Å². The van der Waals surface area contributed by atoms with Gasteiger partial charge in [0, 0.05) is 5.56 Å². The summed E-state index contributed by atoms with van der Waals surface area (Å²) < 4.78 is 5.73. The van der Waals surface area contributed by atoms with Gasteiger partial charge in [-0.15, -0.1) is 0 Å². The van der Waals surface area contributed by atoms with E-state index in [1.807, 2.05) is 12.1 Å². The van der Waals surface area contributed by atoms with Crippen LogP contribution in [0, 0.1) is 0 Å². The lowest BCUT2D eigenvalue weighted by Gasteiger charge is -2.21. The topological polar surface area (TPSA) is 26.3 Å². The molecule has 0 radical (unpaired) electrons. The minimum Gasteiger partial charge on any atom is -0.370 e. The highest BCUT2D eigenvalue weighted by atomic mass is 16.5. The minimum absolute atomic E-state index is 0.105. The molecule has 0 bridgehead atoms. The maximum Gasteiger partial charge on any atom is 0.188 e. The number of hydrogen-bond donors (Lipinski definition) is 0. The van der Waals surface area contributed by atoms with Gasteiger partial charge in [-0.05, 0) is 24.8 Å². The Kier molecular flexibility index (Phi) is 5.59. The van der Waals surface area contributed by atoms with Crippen molar-refractivity contribution in [1.29, 1.82) is 0 Å². The largest absolute Gasteiger partial charge is 0.370 e. The van der Waals surface area contributed by atoms with Crippen LogP contribution in [0.25, 0.3) is 0 Å². The number of ketones is 1. The van der Waals surface area contributed by atoms with Gasteiger partial charge in [0.25, 0.3) is 0 Å². The lowest BCUT2D eigenvalue weighted by atomic mass is 9.98. The summed E-state index contributed by atoms with van der Waals surface area (Å²) in [6.07, 6.45) is 8.54. The molecule has 2 rings (SSSR count). The Bertz CT molecular complexity index is 388. The average molecular weight is 260 g/mol. The van der Waals surface area contributed by atoms with E-state index in [2.05, 4.69) is 19.1 Å². The fourth-order valence-corrected chi connectivity index (χ4v) is 2.65. The third kappa shape index (κ3) is 4.46. The van der Waals surface area contributed by atoms with E-state index < -0.39 is 0 Å². The molecule has 0 amide bonds. The van der Waals surface area contributed by atoms with E-state index >= 15 is 0 Å². The summed E-state index contributed by atoms with van der Waals surface area (Å²) in [5, 5.41) is 0. The van der Waals surface area contributed by atoms with Crippen LogP contribution in [0.1, 0.15) is 61.4 Å². The molecule has 0 aliphatic heterocycles. The maximum absolute atomic E-state index is 12.0. The molecule has 2 heteroatoms. The summed E-state index contributed by atoms with van der Waals surface area (Å²) in [6, 6.07) is 7.96. The molecule has 2 nitrogen and oxygen atoms in total. The number of carbonyl (C=O) groups is 1. The quantitative estimate of drug-likeness (QED) is 0.717. The van der Waals surface area contributed by atoms with Gasteiger partial charge < -0.3 is 4.74 Å². The fourth-order valence-electron chi connectivity index (χ4n) is 2.65. The molecule has 1 aromatic carbocycles. The number of rotatable bonds is 6. The number of carbonyl (C=O) groups excluding carboxylic acids is 1. The van der Waals surface area contributed by atoms with E-state index in [1.54, 1.807) is 0 Å². The van der Waals surface area contributed by atoms with E-state index in [-0.39, 0.29) is 12.4 Å². The Morgan fingerprint density at radius 3 is 2.47 bits per heavy atom. The van der Waals surface area contributed by atoms with Crippen LogP contribution in [-0.4, -0.2) is 18.5 Å². The lowest BCUT2D eigenvalue weighted by Crippen LogP contribution is -2.21. The number of aryl methyl sites for hydroxylation is 1. The summed E-state index contributed by atoms with van der Waals surface area (Å²) in [5.41, 5.74) is 2.07. The highest BCUT2D eigenvalue weighted by Gasteiger charge is 2.15. The van der Waals surface area contributed by atoms with Gasteiger partial charge in [-0.25, -0.2) is 0 Å². The first kappa shape index (κ1) is 14.3. The number of ether oxygens (including phenoxy) is 1. The van der Waals surface area contributed by atoms with Crippen molar-refractivity contribution < 1.29 is 9.53 Å². The van der Waals surface area contributed by atoms with Crippen molar-refractivity contribution in [3.63, 3.8) is 0 Å². The van der Waals surface area contributed by atoms with E-state index in [0.717, 1.165) is 31.2 Å². The van der Waals surface area contributed by atoms with Crippen LogP contribution in [0.4, 0.5) is 0 Å². The Morgan fingerprint density at radius 1 is 1.16 bits per heavy atom. The second-order valence-corrected chi connectivity index (χ2v) is 5.44. The van der Waals surface area contributed by atoms with Crippen LogP contribution in [0.2, 0.25) is 0 Å². The van der Waals surface area contributed by atoms with Crippen LogP contribution >= 0.6 is 0 Å². The summed E-state index contributed by atoms with van der Waals surface area (Å²) in [7, 11) is 0. The molecule has 0 saturated heterocycles. The van der Waals surface area contributed by atoms with E-state index in [9.17, 15) is 4.79 Å².